The van der Waals surface area contributed by atoms with Crippen molar-refractivity contribution in [1.82, 2.24) is 5.43 Å². The van der Waals surface area contributed by atoms with E-state index in [9.17, 15) is 4.79 Å². The Labute approximate surface area is 110 Å². The van der Waals surface area contributed by atoms with Gasteiger partial charge in [0.25, 0.3) is 5.91 Å². The monoisotopic (exact) mass is 258 g/mol. The van der Waals surface area contributed by atoms with Gasteiger partial charge >= 0.3 is 0 Å². The molecule has 0 saturated carbocycles. The molecule has 18 heavy (non-hydrogen) atoms. The van der Waals surface area contributed by atoms with Gasteiger partial charge in [-0.2, -0.15) is 5.10 Å². The van der Waals surface area contributed by atoms with Crippen molar-refractivity contribution >= 4 is 23.7 Å². The maximum Gasteiger partial charge on any atom is 0.271 e. The fraction of sp³-hybridized carbons (Fsp3) is 0. The first-order valence-electron chi connectivity index (χ1n) is 5.40. The van der Waals surface area contributed by atoms with E-state index in [1.54, 1.807) is 42.6 Å². The van der Waals surface area contributed by atoms with Crippen LogP contribution in [0.25, 0.3) is 0 Å². The van der Waals surface area contributed by atoms with Gasteiger partial charge in [0, 0.05) is 10.6 Å². The largest absolute Gasteiger partial charge is 0.271 e. The predicted octanol–water partition coefficient (Wildman–Crippen LogP) is 3.10. The summed E-state index contributed by atoms with van der Waals surface area (Å²) in [5.74, 6) is -0.242. The Bertz CT molecular complexity index is 567. The number of hydrogen-bond donors (Lipinski definition) is 1. The van der Waals surface area contributed by atoms with Gasteiger partial charge in [-0.05, 0) is 29.8 Å². The van der Waals surface area contributed by atoms with Crippen molar-refractivity contribution in [3.63, 3.8) is 0 Å². The van der Waals surface area contributed by atoms with Crippen LogP contribution in [0, 0.1) is 0 Å². The van der Waals surface area contributed by atoms with E-state index in [-0.39, 0.29) is 5.91 Å². The van der Waals surface area contributed by atoms with E-state index in [4.69, 9.17) is 11.6 Å². The molecule has 0 aliphatic rings. The lowest BCUT2D eigenvalue weighted by Gasteiger charge is -1.98. The molecule has 0 heterocycles. The molecule has 2 aromatic rings. The first-order valence-corrected chi connectivity index (χ1v) is 5.77. The van der Waals surface area contributed by atoms with Crippen LogP contribution in [0.3, 0.4) is 0 Å². The molecule has 2 aromatic carbocycles. The minimum atomic E-state index is -0.242. The van der Waals surface area contributed by atoms with Crippen LogP contribution in [-0.2, 0) is 0 Å². The summed E-state index contributed by atoms with van der Waals surface area (Å²) in [6.07, 6.45) is 1.55. The average Bonchev–Trinajstić information content (AvgIpc) is 2.40. The van der Waals surface area contributed by atoms with Gasteiger partial charge in [-0.25, -0.2) is 5.43 Å². The Morgan fingerprint density at radius 1 is 1.11 bits per heavy atom. The SMILES string of the molecule is O=C(N/N=C\c1cccc(Cl)c1)c1ccccc1. The third-order valence-electron chi connectivity index (χ3n) is 2.26. The van der Waals surface area contributed by atoms with Gasteiger partial charge in [-0.1, -0.05) is 41.9 Å². The van der Waals surface area contributed by atoms with E-state index >= 15 is 0 Å². The molecule has 1 N–H and O–H groups in total. The van der Waals surface area contributed by atoms with Crippen LogP contribution < -0.4 is 5.43 Å². The molecule has 0 atom stereocenters. The third kappa shape index (κ3) is 3.43. The summed E-state index contributed by atoms with van der Waals surface area (Å²) in [6.45, 7) is 0. The molecule has 0 spiro atoms. The maximum atomic E-state index is 11.7. The molecule has 0 unspecified atom stereocenters. The molecule has 2 rings (SSSR count). The van der Waals surface area contributed by atoms with Crippen LogP contribution in [0.15, 0.2) is 59.7 Å². The summed E-state index contributed by atoms with van der Waals surface area (Å²) >= 11 is 5.83. The summed E-state index contributed by atoms with van der Waals surface area (Å²) < 4.78 is 0. The van der Waals surface area contributed by atoms with Crippen molar-refractivity contribution in [2.45, 2.75) is 0 Å². The van der Waals surface area contributed by atoms with Crippen LogP contribution >= 0.6 is 11.6 Å². The van der Waals surface area contributed by atoms with Crippen molar-refractivity contribution in [3.05, 3.63) is 70.7 Å². The van der Waals surface area contributed by atoms with Crippen molar-refractivity contribution in [2.75, 3.05) is 0 Å². The van der Waals surface area contributed by atoms with Crippen molar-refractivity contribution in [1.29, 1.82) is 0 Å². The maximum absolute atomic E-state index is 11.7. The van der Waals surface area contributed by atoms with E-state index < -0.39 is 0 Å². The summed E-state index contributed by atoms with van der Waals surface area (Å²) in [5, 5.41) is 4.51. The van der Waals surface area contributed by atoms with E-state index in [1.807, 2.05) is 18.2 Å². The Hall–Kier alpha value is -2.13. The number of nitrogens with one attached hydrogen (secondary N) is 1. The summed E-state index contributed by atoms with van der Waals surface area (Å²) in [5.41, 5.74) is 3.85. The number of nitrogens with zero attached hydrogens (tertiary/aromatic N) is 1. The first kappa shape index (κ1) is 12.3. The van der Waals surface area contributed by atoms with Gasteiger partial charge in [0.05, 0.1) is 6.21 Å². The number of carbonyl (C=O) groups excluding carboxylic acids is 1. The fourth-order valence-electron chi connectivity index (χ4n) is 1.41. The molecule has 0 radical (unpaired) electrons. The van der Waals surface area contributed by atoms with Crippen molar-refractivity contribution in [2.24, 2.45) is 5.10 Å². The Morgan fingerprint density at radius 2 is 1.89 bits per heavy atom. The Kier molecular flexibility index (Phi) is 4.10. The van der Waals surface area contributed by atoms with Gasteiger partial charge in [-0.15, -0.1) is 0 Å². The predicted molar refractivity (Wildman–Crippen MR) is 73.0 cm³/mol. The van der Waals surface area contributed by atoms with Crippen LogP contribution in [-0.4, -0.2) is 12.1 Å². The Balaban J connectivity index is 1.98. The van der Waals surface area contributed by atoms with E-state index in [0.29, 0.717) is 10.6 Å². The fourth-order valence-corrected chi connectivity index (χ4v) is 1.61. The number of carbonyl (C=O) groups is 1. The lowest BCUT2D eigenvalue weighted by Crippen LogP contribution is -2.17. The number of rotatable bonds is 3. The molecular weight excluding hydrogens is 248 g/mol. The second kappa shape index (κ2) is 5.98. The molecule has 0 aliphatic carbocycles. The van der Waals surface area contributed by atoms with Gasteiger partial charge < -0.3 is 0 Å². The first-order chi connectivity index (χ1) is 8.75. The smallest absolute Gasteiger partial charge is 0.267 e. The molecule has 0 aliphatic heterocycles. The van der Waals surface area contributed by atoms with Crippen LogP contribution in [0.5, 0.6) is 0 Å². The number of amides is 1. The molecule has 3 nitrogen and oxygen atoms in total. The summed E-state index contributed by atoms with van der Waals surface area (Å²) in [7, 11) is 0. The lowest BCUT2D eigenvalue weighted by molar-refractivity contribution is 0.0955. The summed E-state index contributed by atoms with van der Waals surface area (Å²) in [4.78, 5) is 11.7. The van der Waals surface area contributed by atoms with E-state index in [0.717, 1.165) is 5.56 Å². The molecule has 90 valence electrons. The standard InChI is InChI=1S/C14H11ClN2O/c15-13-8-4-5-11(9-13)10-16-17-14(18)12-6-2-1-3-7-12/h1-10H,(H,17,18)/b16-10-. The quantitative estimate of drug-likeness (QED) is 0.667. The number of benzene rings is 2. The van der Waals surface area contributed by atoms with E-state index in [1.165, 1.54) is 0 Å². The van der Waals surface area contributed by atoms with Gasteiger partial charge in [-0.3, -0.25) is 4.79 Å². The molecule has 4 heteroatoms. The topological polar surface area (TPSA) is 41.5 Å². The molecule has 0 saturated heterocycles. The number of hydrazone groups is 1. The van der Waals surface area contributed by atoms with Gasteiger partial charge in [0.1, 0.15) is 0 Å². The van der Waals surface area contributed by atoms with Crippen molar-refractivity contribution < 1.29 is 4.79 Å². The molecule has 0 bridgehead atoms. The molecule has 0 aromatic heterocycles. The van der Waals surface area contributed by atoms with Crippen LogP contribution in [0.4, 0.5) is 0 Å². The highest BCUT2D eigenvalue weighted by Crippen LogP contribution is 2.08. The highest BCUT2D eigenvalue weighted by molar-refractivity contribution is 6.30. The third-order valence-corrected chi connectivity index (χ3v) is 2.50. The zero-order chi connectivity index (χ0) is 12.8. The average molecular weight is 259 g/mol. The number of hydrogen-bond acceptors (Lipinski definition) is 2. The zero-order valence-electron chi connectivity index (χ0n) is 9.51. The molecule has 1 amide bonds. The lowest BCUT2D eigenvalue weighted by atomic mass is 10.2. The van der Waals surface area contributed by atoms with Crippen LogP contribution in [0.1, 0.15) is 15.9 Å². The van der Waals surface area contributed by atoms with Crippen molar-refractivity contribution in [3.8, 4) is 0 Å². The Morgan fingerprint density at radius 3 is 2.61 bits per heavy atom. The minimum Gasteiger partial charge on any atom is -0.267 e. The second-order valence-corrected chi connectivity index (χ2v) is 4.06. The highest BCUT2D eigenvalue weighted by atomic mass is 35.5. The minimum absolute atomic E-state index is 0.242. The summed E-state index contributed by atoms with van der Waals surface area (Å²) in [6, 6.07) is 16.1. The normalized spacial score (nSPS) is 10.5. The van der Waals surface area contributed by atoms with Gasteiger partial charge in [0.2, 0.25) is 0 Å². The molecule has 0 fully saturated rings. The van der Waals surface area contributed by atoms with E-state index in [2.05, 4.69) is 10.5 Å². The van der Waals surface area contributed by atoms with Crippen LogP contribution in [0.2, 0.25) is 5.02 Å². The zero-order valence-corrected chi connectivity index (χ0v) is 10.3. The number of halogens is 1. The second-order valence-electron chi connectivity index (χ2n) is 3.62. The van der Waals surface area contributed by atoms with Gasteiger partial charge in [0.15, 0.2) is 0 Å². The highest BCUT2D eigenvalue weighted by Gasteiger charge is 2.01. The molecular formula is C14H11ClN2O.